The molecule has 0 bridgehead atoms. The third-order valence-electron chi connectivity index (χ3n) is 7.16. The molecule has 0 radical (unpaired) electrons. The Bertz CT molecular complexity index is 1390. The highest BCUT2D eigenvalue weighted by Gasteiger charge is 2.30. The molecular formula is C28H30N6O3. The van der Waals surface area contributed by atoms with Gasteiger partial charge >= 0.3 is 0 Å². The van der Waals surface area contributed by atoms with Gasteiger partial charge in [-0.2, -0.15) is 9.78 Å². The lowest BCUT2D eigenvalue weighted by molar-refractivity contribution is 0.0625. The van der Waals surface area contributed by atoms with Crippen molar-refractivity contribution in [1.82, 2.24) is 29.1 Å². The van der Waals surface area contributed by atoms with Crippen molar-refractivity contribution in [3.05, 3.63) is 88.7 Å². The molecule has 4 aliphatic rings. The molecule has 1 aromatic carbocycles. The normalized spacial score (nSPS) is 18.5. The van der Waals surface area contributed by atoms with Crippen LogP contribution in [-0.2, 0) is 17.8 Å². The Hall–Kier alpha value is -3.82. The van der Waals surface area contributed by atoms with E-state index in [2.05, 4.69) is 15.0 Å². The second-order valence-electron chi connectivity index (χ2n) is 9.71. The molecule has 4 aliphatic heterocycles. The van der Waals surface area contributed by atoms with Crippen LogP contribution in [0.25, 0.3) is 16.9 Å². The van der Waals surface area contributed by atoms with Crippen molar-refractivity contribution < 1.29 is 9.53 Å². The van der Waals surface area contributed by atoms with Crippen molar-refractivity contribution in [2.24, 2.45) is 0 Å². The maximum absolute atomic E-state index is 13.8. The van der Waals surface area contributed by atoms with Gasteiger partial charge in [0.25, 0.3) is 11.5 Å². The number of aromatic nitrogens is 4. The maximum Gasteiger partial charge on any atom is 0.282 e. The first-order valence-corrected chi connectivity index (χ1v) is 12.9. The van der Waals surface area contributed by atoms with Crippen LogP contribution in [0.15, 0.2) is 71.9 Å². The van der Waals surface area contributed by atoms with E-state index in [9.17, 15) is 9.59 Å². The molecule has 5 heterocycles. The van der Waals surface area contributed by atoms with Gasteiger partial charge in [-0.05, 0) is 37.1 Å². The third kappa shape index (κ3) is 4.92. The molecule has 1 amide bonds. The Kier molecular flexibility index (Phi) is 6.55. The standard InChI is InChI=1S/C28H30N6O3/c35-27(33-14-12-31(13-15-33)17-21-7-4-5-11-29-21)24-19-32(18-23-10-6-16-37-23)20-25-26(24)30-34(28(25)36)22-8-2-1-3-9-22/h1-5,7-9,11,19-20,23H,6,10,12-18H2/t23-/m1/s1. The molecule has 9 heteroatoms. The molecule has 0 aliphatic carbocycles. The van der Waals surface area contributed by atoms with E-state index in [-0.39, 0.29) is 17.6 Å². The van der Waals surface area contributed by atoms with Crippen LogP contribution in [-0.4, -0.2) is 73.9 Å². The number of rotatable bonds is 6. The molecular weight excluding hydrogens is 468 g/mol. The average molecular weight is 499 g/mol. The Morgan fingerprint density at radius 3 is 2.54 bits per heavy atom. The van der Waals surface area contributed by atoms with E-state index < -0.39 is 0 Å². The molecule has 2 aromatic rings. The van der Waals surface area contributed by atoms with Crippen LogP contribution in [0.5, 0.6) is 0 Å². The van der Waals surface area contributed by atoms with Crippen LogP contribution in [0.3, 0.4) is 0 Å². The van der Waals surface area contributed by atoms with Gasteiger partial charge in [0.2, 0.25) is 0 Å². The molecule has 0 unspecified atom stereocenters. The Balaban J connectivity index is 1.29. The largest absolute Gasteiger partial charge is 0.376 e. The summed E-state index contributed by atoms with van der Waals surface area (Å²) in [5.41, 5.74) is 2.82. The second-order valence-corrected chi connectivity index (χ2v) is 9.71. The monoisotopic (exact) mass is 498 g/mol. The van der Waals surface area contributed by atoms with Gasteiger partial charge in [0.05, 0.1) is 28.6 Å². The number of amides is 1. The van der Waals surface area contributed by atoms with Gasteiger partial charge < -0.3 is 14.2 Å². The van der Waals surface area contributed by atoms with E-state index in [1.807, 2.05) is 70.4 Å². The van der Waals surface area contributed by atoms with Crippen molar-refractivity contribution in [1.29, 1.82) is 0 Å². The van der Waals surface area contributed by atoms with Crippen LogP contribution in [0, 0.1) is 0 Å². The third-order valence-corrected chi connectivity index (χ3v) is 7.16. The molecule has 1 aromatic heterocycles. The highest BCUT2D eigenvalue weighted by Crippen LogP contribution is 2.25. The molecule has 190 valence electrons. The zero-order valence-corrected chi connectivity index (χ0v) is 20.7. The minimum atomic E-state index is -0.225. The zero-order chi connectivity index (χ0) is 25.2. The summed E-state index contributed by atoms with van der Waals surface area (Å²) in [6.45, 7) is 4.86. The number of benzene rings is 1. The van der Waals surface area contributed by atoms with Gasteiger partial charge in [-0.3, -0.25) is 19.5 Å². The minimum Gasteiger partial charge on any atom is -0.376 e. The van der Waals surface area contributed by atoms with Crippen molar-refractivity contribution in [2.75, 3.05) is 32.8 Å². The van der Waals surface area contributed by atoms with Crippen LogP contribution in [0.1, 0.15) is 28.9 Å². The summed E-state index contributed by atoms with van der Waals surface area (Å²) in [6, 6.07) is 15.3. The fourth-order valence-electron chi connectivity index (χ4n) is 5.19. The van der Waals surface area contributed by atoms with Gasteiger partial charge in [0, 0.05) is 64.5 Å². The maximum atomic E-state index is 13.8. The number of para-hydroxylation sites is 1. The summed E-state index contributed by atoms with van der Waals surface area (Å²) in [7, 11) is 0. The first-order valence-electron chi connectivity index (χ1n) is 12.9. The summed E-state index contributed by atoms with van der Waals surface area (Å²) in [5, 5.41) is 4.64. The summed E-state index contributed by atoms with van der Waals surface area (Å²) in [4.78, 5) is 35.8. The van der Waals surface area contributed by atoms with Gasteiger partial charge in [-0.1, -0.05) is 24.3 Å². The smallest absolute Gasteiger partial charge is 0.282 e. The van der Waals surface area contributed by atoms with E-state index >= 15 is 0 Å². The lowest BCUT2D eigenvalue weighted by Gasteiger charge is -2.34. The van der Waals surface area contributed by atoms with E-state index in [0.717, 1.165) is 44.8 Å². The number of carbonyl (C=O) groups excluding carboxylic acids is 1. The summed E-state index contributed by atoms with van der Waals surface area (Å²) in [5.74, 6) is -0.0955. The Morgan fingerprint density at radius 2 is 1.81 bits per heavy atom. The Morgan fingerprint density at radius 1 is 1.00 bits per heavy atom. The predicted octanol–water partition coefficient (Wildman–Crippen LogP) is 2.67. The van der Waals surface area contributed by atoms with Crippen LogP contribution in [0.4, 0.5) is 0 Å². The fraction of sp³-hybridized carbons (Fsp3) is 0.357. The highest BCUT2D eigenvalue weighted by atomic mass is 16.5. The molecule has 0 spiro atoms. The number of hydrogen-bond acceptors (Lipinski definition) is 6. The first kappa shape index (κ1) is 23.6. The number of ether oxygens (including phenoxy) is 1. The number of piperazine rings is 1. The number of hydrogen-bond donors (Lipinski definition) is 0. The van der Waals surface area contributed by atoms with Crippen molar-refractivity contribution >= 4 is 5.91 Å². The number of nitrogens with zero attached hydrogens (tertiary/aromatic N) is 6. The van der Waals surface area contributed by atoms with E-state index in [4.69, 9.17) is 4.74 Å². The molecule has 37 heavy (non-hydrogen) atoms. The van der Waals surface area contributed by atoms with Crippen molar-refractivity contribution in [3.8, 4) is 16.9 Å². The second kappa shape index (κ2) is 10.3. The topological polar surface area (TPSA) is 85.5 Å². The number of carbonyl (C=O) groups is 1. The molecule has 9 nitrogen and oxygen atoms in total. The molecule has 0 saturated carbocycles. The lowest BCUT2D eigenvalue weighted by atomic mass is 10.1. The number of fused-ring (bicyclic) bond motifs is 1. The first-order chi connectivity index (χ1) is 18.2. The number of pyridine rings is 2. The molecule has 6 rings (SSSR count). The summed E-state index contributed by atoms with van der Waals surface area (Å²) < 4.78 is 9.15. The quantitative estimate of drug-likeness (QED) is 0.406. The molecule has 2 fully saturated rings. The van der Waals surface area contributed by atoms with Gasteiger partial charge in [0.15, 0.2) is 0 Å². The van der Waals surface area contributed by atoms with E-state index in [1.165, 1.54) is 4.68 Å². The Labute approximate surface area is 215 Å². The van der Waals surface area contributed by atoms with Crippen molar-refractivity contribution in [2.45, 2.75) is 32.0 Å². The SMILES string of the molecule is O=C(c1cn(C[C@H]2CCCO2)cc2c(=O)n(-c3ccccc3)nc1-2)N1CCN(Cc2ccccn2)CC1. The van der Waals surface area contributed by atoms with Crippen LogP contribution < -0.4 is 5.56 Å². The molecule has 1 atom stereocenters. The molecule has 2 saturated heterocycles. The fourth-order valence-corrected chi connectivity index (χ4v) is 5.19. The van der Waals surface area contributed by atoms with Gasteiger partial charge in [0.1, 0.15) is 5.69 Å². The van der Waals surface area contributed by atoms with Crippen molar-refractivity contribution in [3.63, 3.8) is 0 Å². The van der Waals surface area contributed by atoms with Crippen LogP contribution >= 0.6 is 0 Å². The predicted molar refractivity (Wildman–Crippen MR) is 139 cm³/mol. The molecule has 0 N–H and O–H groups in total. The highest BCUT2D eigenvalue weighted by molar-refractivity contribution is 6.00. The van der Waals surface area contributed by atoms with Crippen LogP contribution in [0.2, 0.25) is 0 Å². The zero-order valence-electron chi connectivity index (χ0n) is 20.7. The minimum absolute atomic E-state index is 0.0832. The summed E-state index contributed by atoms with van der Waals surface area (Å²) >= 11 is 0. The average Bonchev–Trinajstić information content (AvgIpc) is 3.57. The lowest BCUT2D eigenvalue weighted by Crippen LogP contribution is -2.48. The van der Waals surface area contributed by atoms with Gasteiger partial charge in [-0.15, -0.1) is 0 Å². The van der Waals surface area contributed by atoms with E-state index in [0.29, 0.717) is 42.1 Å². The van der Waals surface area contributed by atoms with Gasteiger partial charge in [-0.25, -0.2) is 0 Å². The summed E-state index contributed by atoms with van der Waals surface area (Å²) in [6.07, 6.45) is 7.54. The van der Waals surface area contributed by atoms with E-state index in [1.54, 1.807) is 6.20 Å².